The van der Waals surface area contributed by atoms with E-state index in [9.17, 15) is 14.4 Å². The Bertz CT molecular complexity index is 1240. The number of ether oxygens (including phenoxy) is 3. The third-order valence-electron chi connectivity index (χ3n) is 10.9. The van der Waals surface area contributed by atoms with E-state index in [-0.39, 0.29) is 37.5 Å². The van der Waals surface area contributed by atoms with Crippen LogP contribution in [0, 0.1) is 0 Å². The lowest BCUT2D eigenvalue weighted by Gasteiger charge is -2.18. The van der Waals surface area contributed by atoms with E-state index in [1.54, 1.807) is 0 Å². The van der Waals surface area contributed by atoms with Crippen molar-refractivity contribution in [3.8, 4) is 0 Å². The number of esters is 3. The molecular weight excluding hydrogens is 781 g/mol. The van der Waals surface area contributed by atoms with Crippen LogP contribution in [0.15, 0.2) is 85.1 Å². The Balaban J connectivity index is 4.42. The van der Waals surface area contributed by atoms with E-state index in [1.807, 2.05) is 0 Å². The molecule has 0 radical (unpaired) electrons. The minimum Gasteiger partial charge on any atom is -0.462 e. The van der Waals surface area contributed by atoms with Gasteiger partial charge < -0.3 is 14.2 Å². The van der Waals surface area contributed by atoms with E-state index in [2.05, 4.69) is 106 Å². The minimum atomic E-state index is -0.802. The van der Waals surface area contributed by atoms with Gasteiger partial charge in [0.25, 0.3) is 0 Å². The van der Waals surface area contributed by atoms with Gasteiger partial charge in [0.2, 0.25) is 0 Å². The van der Waals surface area contributed by atoms with Crippen LogP contribution >= 0.6 is 0 Å². The normalized spacial score (nSPS) is 12.7. The number of carbonyl (C=O) groups excluding carboxylic acids is 3. The van der Waals surface area contributed by atoms with Crippen LogP contribution in [0.2, 0.25) is 0 Å². The predicted octanol–water partition coefficient (Wildman–Crippen LogP) is 17.2. The Morgan fingerprint density at radius 3 is 1.06 bits per heavy atom. The number of allylic oxidation sites excluding steroid dienone is 14. The van der Waals surface area contributed by atoms with Gasteiger partial charge in [0.05, 0.1) is 0 Å². The number of carbonyl (C=O) groups is 3. The van der Waals surface area contributed by atoms with Crippen molar-refractivity contribution >= 4 is 17.9 Å². The van der Waals surface area contributed by atoms with E-state index < -0.39 is 6.10 Å². The summed E-state index contributed by atoms with van der Waals surface area (Å²) in [5.74, 6) is -0.956. The standard InChI is InChI=1S/C57H96O6/c1-4-7-10-13-16-19-22-24-26-27-28-29-31-32-35-38-41-44-47-50-56(59)62-53-54(52-61-55(58)49-46-43-40-37-34-21-18-15-12-9-6-3)63-57(60)51-48-45-42-39-36-33-30-25-23-20-17-14-11-8-5-2/h8,11,15-20,24-26,30,36,39,54H,4-7,9-10,12-14,21-23,27-29,31-35,37-38,40-53H2,1-3H3/b11-8-,18-15-,19-16-,20-17-,26-24-,30-25-,39-36-/t54-/m1/s1. The van der Waals surface area contributed by atoms with Crippen LogP contribution < -0.4 is 0 Å². The van der Waals surface area contributed by atoms with Crippen molar-refractivity contribution in [2.45, 2.75) is 245 Å². The fourth-order valence-electron chi connectivity index (χ4n) is 6.91. The van der Waals surface area contributed by atoms with Crippen LogP contribution in [-0.4, -0.2) is 37.2 Å². The van der Waals surface area contributed by atoms with Crippen molar-refractivity contribution in [2.75, 3.05) is 13.2 Å². The minimum absolute atomic E-state index is 0.0986. The summed E-state index contributed by atoms with van der Waals surface area (Å²) < 4.78 is 16.7. The maximum Gasteiger partial charge on any atom is 0.306 e. The summed E-state index contributed by atoms with van der Waals surface area (Å²) in [4.78, 5) is 37.9. The van der Waals surface area contributed by atoms with Gasteiger partial charge in [-0.05, 0) is 109 Å². The lowest BCUT2D eigenvalue weighted by Crippen LogP contribution is -2.30. The Morgan fingerprint density at radius 2 is 0.635 bits per heavy atom. The maximum atomic E-state index is 12.8. The second kappa shape index (κ2) is 51.2. The molecule has 0 rings (SSSR count). The molecule has 360 valence electrons. The van der Waals surface area contributed by atoms with Gasteiger partial charge >= 0.3 is 17.9 Å². The molecule has 1 atom stereocenters. The lowest BCUT2D eigenvalue weighted by molar-refractivity contribution is -0.167. The lowest BCUT2D eigenvalue weighted by atomic mass is 10.1. The zero-order valence-electron chi connectivity index (χ0n) is 41.1. The van der Waals surface area contributed by atoms with Crippen LogP contribution in [-0.2, 0) is 28.6 Å². The summed E-state index contributed by atoms with van der Waals surface area (Å²) in [7, 11) is 0. The molecule has 6 heteroatoms. The van der Waals surface area contributed by atoms with Crippen LogP contribution in [0.25, 0.3) is 0 Å². The van der Waals surface area contributed by atoms with E-state index in [1.165, 1.54) is 96.3 Å². The molecule has 0 fully saturated rings. The van der Waals surface area contributed by atoms with Gasteiger partial charge in [0.1, 0.15) is 13.2 Å². The monoisotopic (exact) mass is 877 g/mol. The average molecular weight is 877 g/mol. The van der Waals surface area contributed by atoms with Gasteiger partial charge in [-0.3, -0.25) is 14.4 Å². The number of hydrogen-bond acceptors (Lipinski definition) is 6. The zero-order chi connectivity index (χ0) is 45.8. The van der Waals surface area contributed by atoms with Crippen LogP contribution in [0.4, 0.5) is 0 Å². The SMILES string of the molecule is CC/C=C\C/C=C\C/C=C\C/C=C\CCCCC(=O)O[C@H](COC(=O)CCCCCCC/C=C\CCCC)COC(=O)CCCCCCCCCCC/C=C\C/C=C\CCCCC. The van der Waals surface area contributed by atoms with Gasteiger partial charge in [0, 0.05) is 19.3 Å². The summed E-state index contributed by atoms with van der Waals surface area (Å²) in [5.41, 5.74) is 0. The quantitative estimate of drug-likeness (QED) is 0.0262. The van der Waals surface area contributed by atoms with E-state index in [0.29, 0.717) is 19.3 Å². The third-order valence-corrected chi connectivity index (χ3v) is 10.9. The summed E-state index contributed by atoms with van der Waals surface area (Å²) in [6.07, 6.45) is 65.7. The number of unbranched alkanes of at least 4 members (excludes halogenated alkanes) is 21. The van der Waals surface area contributed by atoms with Gasteiger partial charge in [0.15, 0.2) is 6.10 Å². The van der Waals surface area contributed by atoms with Crippen molar-refractivity contribution in [3.05, 3.63) is 85.1 Å². The molecule has 0 spiro atoms. The first-order valence-electron chi connectivity index (χ1n) is 26.1. The maximum absolute atomic E-state index is 12.8. The molecule has 0 aromatic heterocycles. The Kier molecular flexibility index (Phi) is 48.5. The highest BCUT2D eigenvalue weighted by molar-refractivity contribution is 5.71. The smallest absolute Gasteiger partial charge is 0.306 e. The predicted molar refractivity (Wildman–Crippen MR) is 270 cm³/mol. The van der Waals surface area contributed by atoms with E-state index in [4.69, 9.17) is 14.2 Å². The number of hydrogen-bond donors (Lipinski definition) is 0. The average Bonchev–Trinajstić information content (AvgIpc) is 3.28. The van der Waals surface area contributed by atoms with Crippen molar-refractivity contribution in [1.29, 1.82) is 0 Å². The molecule has 0 amide bonds. The highest BCUT2D eigenvalue weighted by Gasteiger charge is 2.19. The molecule has 0 aromatic carbocycles. The summed E-state index contributed by atoms with van der Waals surface area (Å²) >= 11 is 0. The molecule has 63 heavy (non-hydrogen) atoms. The molecule has 0 saturated heterocycles. The number of rotatable bonds is 46. The van der Waals surface area contributed by atoms with Crippen LogP contribution in [0.5, 0.6) is 0 Å². The van der Waals surface area contributed by atoms with Crippen LogP contribution in [0.3, 0.4) is 0 Å². The third kappa shape index (κ3) is 49.5. The molecule has 0 aliphatic rings. The Labute approximate surface area is 388 Å². The van der Waals surface area contributed by atoms with Gasteiger partial charge in [-0.2, -0.15) is 0 Å². The van der Waals surface area contributed by atoms with Crippen molar-refractivity contribution in [2.24, 2.45) is 0 Å². The molecule has 0 aliphatic carbocycles. The topological polar surface area (TPSA) is 78.9 Å². The molecule has 6 nitrogen and oxygen atoms in total. The molecule has 0 bridgehead atoms. The van der Waals surface area contributed by atoms with Gasteiger partial charge in [-0.1, -0.05) is 196 Å². The summed E-state index contributed by atoms with van der Waals surface area (Å²) in [6.45, 7) is 6.41. The molecular formula is C57H96O6. The van der Waals surface area contributed by atoms with Crippen LogP contribution in [0.1, 0.15) is 239 Å². The van der Waals surface area contributed by atoms with Gasteiger partial charge in [-0.15, -0.1) is 0 Å². The molecule has 0 aliphatic heterocycles. The molecule has 0 heterocycles. The fourth-order valence-corrected chi connectivity index (χ4v) is 6.91. The van der Waals surface area contributed by atoms with Crippen molar-refractivity contribution in [3.63, 3.8) is 0 Å². The second-order valence-electron chi connectivity index (χ2n) is 17.0. The summed E-state index contributed by atoms with van der Waals surface area (Å²) in [5, 5.41) is 0. The molecule has 0 saturated carbocycles. The van der Waals surface area contributed by atoms with E-state index in [0.717, 1.165) is 96.3 Å². The molecule has 0 aromatic rings. The highest BCUT2D eigenvalue weighted by Crippen LogP contribution is 2.14. The van der Waals surface area contributed by atoms with Gasteiger partial charge in [-0.25, -0.2) is 0 Å². The Morgan fingerprint density at radius 1 is 0.333 bits per heavy atom. The first-order chi connectivity index (χ1) is 31.0. The fraction of sp³-hybridized carbons (Fsp3) is 0.702. The first-order valence-corrected chi connectivity index (χ1v) is 26.1. The summed E-state index contributed by atoms with van der Waals surface area (Å²) in [6, 6.07) is 0. The van der Waals surface area contributed by atoms with E-state index >= 15 is 0 Å². The second-order valence-corrected chi connectivity index (χ2v) is 17.0. The zero-order valence-corrected chi connectivity index (χ0v) is 41.1. The highest BCUT2D eigenvalue weighted by atomic mass is 16.6. The Hall–Kier alpha value is -3.41. The molecule has 0 unspecified atom stereocenters. The largest absolute Gasteiger partial charge is 0.462 e. The molecule has 0 N–H and O–H groups in total. The van der Waals surface area contributed by atoms with Crippen molar-refractivity contribution < 1.29 is 28.6 Å². The van der Waals surface area contributed by atoms with Crippen molar-refractivity contribution in [1.82, 2.24) is 0 Å². The first kappa shape index (κ1) is 59.6.